The molecule has 0 unspecified atom stereocenters. The van der Waals surface area contributed by atoms with Crippen molar-refractivity contribution in [2.24, 2.45) is 0 Å². The number of unbranched alkanes of at least 4 members (excludes halogenated alkanes) is 11. The molecule has 1 fully saturated rings. The SMILES string of the molecule is CCCCCCCCCCCCCCC(=O)NC1CC(C)(C)NC(C)(C)C1. The maximum Gasteiger partial charge on any atom is 0.220 e. The molecule has 27 heavy (non-hydrogen) atoms. The van der Waals surface area contributed by atoms with Crippen molar-refractivity contribution in [1.29, 1.82) is 0 Å². The Balaban J connectivity index is 1.98. The van der Waals surface area contributed by atoms with Crippen molar-refractivity contribution in [3.05, 3.63) is 0 Å². The number of carbonyl (C=O) groups is 1. The maximum atomic E-state index is 12.3. The van der Waals surface area contributed by atoms with E-state index in [4.69, 9.17) is 0 Å². The predicted octanol–water partition coefficient (Wildman–Crippen LogP) is 6.50. The van der Waals surface area contributed by atoms with E-state index in [1.807, 2.05) is 0 Å². The Morgan fingerprint density at radius 2 is 1.19 bits per heavy atom. The van der Waals surface area contributed by atoms with Gasteiger partial charge in [0, 0.05) is 23.5 Å². The number of piperidine rings is 1. The summed E-state index contributed by atoms with van der Waals surface area (Å²) in [6.07, 6.45) is 18.8. The molecule has 2 N–H and O–H groups in total. The highest BCUT2D eigenvalue weighted by Gasteiger charge is 2.37. The fraction of sp³-hybridized carbons (Fsp3) is 0.958. The van der Waals surface area contributed by atoms with Crippen LogP contribution in [0, 0.1) is 0 Å². The average molecular weight is 381 g/mol. The molecular weight excluding hydrogens is 332 g/mol. The van der Waals surface area contributed by atoms with Crippen molar-refractivity contribution in [3.8, 4) is 0 Å². The summed E-state index contributed by atoms with van der Waals surface area (Å²) < 4.78 is 0. The number of carbonyl (C=O) groups excluding carboxylic acids is 1. The molecule has 3 nitrogen and oxygen atoms in total. The third kappa shape index (κ3) is 12.5. The van der Waals surface area contributed by atoms with Gasteiger partial charge in [-0.05, 0) is 47.0 Å². The van der Waals surface area contributed by atoms with Gasteiger partial charge in [0.2, 0.25) is 5.91 Å². The molecule has 0 aromatic heterocycles. The number of amides is 1. The van der Waals surface area contributed by atoms with Gasteiger partial charge in [-0.25, -0.2) is 0 Å². The highest BCUT2D eigenvalue weighted by Crippen LogP contribution is 2.28. The van der Waals surface area contributed by atoms with Crippen molar-refractivity contribution in [2.45, 2.75) is 148 Å². The van der Waals surface area contributed by atoms with Gasteiger partial charge in [0.25, 0.3) is 0 Å². The number of hydrogen-bond donors (Lipinski definition) is 2. The van der Waals surface area contributed by atoms with Gasteiger partial charge < -0.3 is 10.6 Å². The molecule has 1 amide bonds. The van der Waals surface area contributed by atoms with Crippen molar-refractivity contribution >= 4 is 5.91 Å². The molecule has 1 heterocycles. The van der Waals surface area contributed by atoms with Crippen molar-refractivity contribution in [1.82, 2.24) is 10.6 Å². The second-order valence-corrected chi connectivity index (χ2v) is 10.2. The van der Waals surface area contributed by atoms with Gasteiger partial charge in [-0.1, -0.05) is 77.6 Å². The van der Waals surface area contributed by atoms with Crippen LogP contribution < -0.4 is 10.6 Å². The average Bonchev–Trinajstić information content (AvgIpc) is 2.52. The summed E-state index contributed by atoms with van der Waals surface area (Å²) in [5.74, 6) is 0.251. The summed E-state index contributed by atoms with van der Waals surface area (Å²) in [5, 5.41) is 6.97. The van der Waals surface area contributed by atoms with Crippen LogP contribution in [-0.2, 0) is 4.79 Å². The Bertz CT molecular complexity index is 387. The van der Waals surface area contributed by atoms with Gasteiger partial charge in [0.1, 0.15) is 0 Å². The largest absolute Gasteiger partial charge is 0.353 e. The first-order chi connectivity index (χ1) is 12.7. The second kappa shape index (κ2) is 12.8. The molecule has 160 valence electrons. The summed E-state index contributed by atoms with van der Waals surface area (Å²) in [7, 11) is 0. The Hall–Kier alpha value is -0.570. The van der Waals surface area contributed by atoms with Gasteiger partial charge in [0.05, 0.1) is 0 Å². The van der Waals surface area contributed by atoms with E-state index < -0.39 is 0 Å². The zero-order valence-corrected chi connectivity index (χ0v) is 19.1. The molecule has 0 aromatic rings. The molecule has 0 bridgehead atoms. The van der Waals surface area contributed by atoms with Crippen LogP contribution in [0.2, 0.25) is 0 Å². The quantitative estimate of drug-likeness (QED) is 0.338. The third-order valence-electron chi connectivity index (χ3n) is 5.81. The minimum Gasteiger partial charge on any atom is -0.353 e. The van der Waals surface area contributed by atoms with Gasteiger partial charge in [-0.2, -0.15) is 0 Å². The van der Waals surface area contributed by atoms with Crippen LogP contribution in [0.25, 0.3) is 0 Å². The summed E-state index contributed by atoms with van der Waals surface area (Å²) >= 11 is 0. The number of nitrogens with one attached hydrogen (secondary N) is 2. The number of rotatable bonds is 14. The lowest BCUT2D eigenvalue weighted by molar-refractivity contribution is -0.122. The molecule has 0 atom stereocenters. The van der Waals surface area contributed by atoms with Gasteiger partial charge in [0.15, 0.2) is 0 Å². The lowest BCUT2D eigenvalue weighted by Crippen LogP contribution is -2.62. The molecule has 0 aliphatic carbocycles. The van der Waals surface area contributed by atoms with E-state index >= 15 is 0 Å². The highest BCUT2D eigenvalue weighted by molar-refractivity contribution is 5.76. The molecule has 0 aromatic carbocycles. The van der Waals surface area contributed by atoms with Crippen LogP contribution in [0.5, 0.6) is 0 Å². The van der Waals surface area contributed by atoms with E-state index in [9.17, 15) is 4.79 Å². The zero-order valence-electron chi connectivity index (χ0n) is 19.1. The van der Waals surface area contributed by atoms with Crippen molar-refractivity contribution in [3.63, 3.8) is 0 Å². The van der Waals surface area contributed by atoms with Gasteiger partial charge in [-0.15, -0.1) is 0 Å². The fourth-order valence-electron chi connectivity index (χ4n) is 4.85. The summed E-state index contributed by atoms with van der Waals surface area (Å²) in [4.78, 5) is 12.3. The molecule has 1 rings (SSSR count). The van der Waals surface area contributed by atoms with E-state index in [1.54, 1.807) is 0 Å². The zero-order chi connectivity index (χ0) is 20.2. The third-order valence-corrected chi connectivity index (χ3v) is 5.81. The highest BCUT2D eigenvalue weighted by atomic mass is 16.1. The number of hydrogen-bond acceptors (Lipinski definition) is 2. The van der Waals surface area contributed by atoms with Gasteiger partial charge >= 0.3 is 0 Å². The first-order valence-electron chi connectivity index (χ1n) is 11.8. The van der Waals surface area contributed by atoms with Crippen LogP contribution >= 0.6 is 0 Å². The standard InChI is InChI=1S/C24H48N2O/c1-6-7-8-9-10-11-12-13-14-15-16-17-18-22(27)25-21-19-23(2,3)26-24(4,5)20-21/h21,26H,6-20H2,1-5H3,(H,25,27). The Morgan fingerprint density at radius 3 is 1.63 bits per heavy atom. The van der Waals surface area contributed by atoms with Crippen LogP contribution in [0.4, 0.5) is 0 Å². The Labute approximate surface area is 169 Å². The summed E-state index contributed by atoms with van der Waals surface area (Å²) in [5.41, 5.74) is 0.186. The van der Waals surface area contributed by atoms with Crippen LogP contribution in [-0.4, -0.2) is 23.0 Å². The van der Waals surface area contributed by atoms with E-state index in [0.29, 0.717) is 12.5 Å². The molecule has 1 aliphatic heterocycles. The summed E-state index contributed by atoms with van der Waals surface area (Å²) in [6, 6.07) is 0.307. The Kier molecular flexibility index (Phi) is 11.6. The lowest BCUT2D eigenvalue weighted by Gasteiger charge is -2.46. The normalized spacial score (nSPS) is 19.1. The summed E-state index contributed by atoms with van der Waals surface area (Å²) in [6.45, 7) is 11.2. The van der Waals surface area contributed by atoms with Crippen LogP contribution in [0.3, 0.4) is 0 Å². The van der Waals surface area contributed by atoms with Crippen molar-refractivity contribution in [2.75, 3.05) is 0 Å². The molecule has 0 radical (unpaired) electrons. The molecule has 1 aliphatic rings. The van der Waals surface area contributed by atoms with E-state index in [2.05, 4.69) is 45.3 Å². The predicted molar refractivity (Wildman–Crippen MR) is 118 cm³/mol. The second-order valence-electron chi connectivity index (χ2n) is 10.2. The van der Waals surface area contributed by atoms with Gasteiger partial charge in [-0.3, -0.25) is 4.79 Å². The minimum absolute atomic E-state index is 0.0930. The topological polar surface area (TPSA) is 41.1 Å². The van der Waals surface area contributed by atoms with E-state index in [0.717, 1.165) is 19.3 Å². The maximum absolute atomic E-state index is 12.3. The first kappa shape index (κ1) is 24.5. The molecular formula is C24H48N2O. The Morgan fingerprint density at radius 1 is 0.778 bits per heavy atom. The molecule has 0 saturated carbocycles. The lowest BCUT2D eigenvalue weighted by atomic mass is 9.79. The van der Waals surface area contributed by atoms with Crippen LogP contribution in [0.1, 0.15) is 131 Å². The molecule has 3 heteroatoms. The van der Waals surface area contributed by atoms with Crippen molar-refractivity contribution < 1.29 is 4.79 Å². The van der Waals surface area contributed by atoms with E-state index in [-0.39, 0.29) is 17.0 Å². The monoisotopic (exact) mass is 380 g/mol. The fourth-order valence-corrected chi connectivity index (χ4v) is 4.85. The first-order valence-corrected chi connectivity index (χ1v) is 11.8. The molecule has 0 spiro atoms. The smallest absolute Gasteiger partial charge is 0.220 e. The van der Waals surface area contributed by atoms with E-state index in [1.165, 1.54) is 70.6 Å². The molecule has 1 saturated heterocycles. The minimum atomic E-state index is 0.0930. The van der Waals surface area contributed by atoms with Crippen LogP contribution in [0.15, 0.2) is 0 Å².